The molecule has 204 valence electrons. The van der Waals surface area contributed by atoms with Crippen LogP contribution in [0, 0.1) is 0 Å². The van der Waals surface area contributed by atoms with Crippen LogP contribution in [0.15, 0.2) is 0 Å². The van der Waals surface area contributed by atoms with E-state index in [-0.39, 0.29) is 32.3 Å². The number of rotatable bonds is 15. The van der Waals surface area contributed by atoms with Gasteiger partial charge in [-0.05, 0) is 33.2 Å². The third-order valence-electron chi connectivity index (χ3n) is 3.22. The summed E-state index contributed by atoms with van der Waals surface area (Å²) in [5.74, 6) is -2.09. The molecule has 6 N–H and O–H groups in total. The van der Waals surface area contributed by atoms with Crippen molar-refractivity contribution >= 4 is 30.7 Å². The predicted molar refractivity (Wildman–Crippen MR) is 131 cm³/mol. The molecule has 0 rings (SSSR count). The summed E-state index contributed by atoms with van der Waals surface area (Å²) in [6.07, 6.45) is 2.69. The first kappa shape index (κ1) is 41.5. The van der Waals surface area contributed by atoms with Gasteiger partial charge >= 0.3 is 18.0 Å². The molecular weight excluding hydrogens is 450 g/mol. The predicted octanol–water partition coefficient (Wildman–Crippen LogP) is 2.36. The Kier molecular flexibility index (Phi) is 49.6. The lowest BCUT2D eigenvalue weighted by atomic mass is 10.1. The molecule has 0 heterocycles. The van der Waals surface area contributed by atoms with E-state index in [1.54, 1.807) is 0 Å². The molecule has 12 nitrogen and oxygen atoms in total. The second-order valence-corrected chi connectivity index (χ2v) is 5.65. The monoisotopic (exact) mass is 497 g/mol. The van der Waals surface area contributed by atoms with Gasteiger partial charge in [-0.15, -0.1) is 0 Å². The van der Waals surface area contributed by atoms with E-state index in [0.29, 0.717) is 19.3 Å². The van der Waals surface area contributed by atoms with Crippen LogP contribution >= 0.6 is 0 Å². The minimum absolute atomic E-state index is 0.0612. The second-order valence-electron chi connectivity index (χ2n) is 5.65. The van der Waals surface area contributed by atoms with Gasteiger partial charge in [0.25, 0.3) is 6.47 Å². The number of urea groups is 1. The van der Waals surface area contributed by atoms with Crippen molar-refractivity contribution in [2.24, 2.45) is 0 Å². The van der Waals surface area contributed by atoms with E-state index >= 15 is 0 Å². The molecular formula is C22H47N3O9. The molecule has 34 heavy (non-hydrogen) atoms. The Labute approximate surface area is 203 Å². The number of carboxylic acid groups (broad SMARTS) is 3. The highest BCUT2D eigenvalue weighted by molar-refractivity contribution is 5.82. The third kappa shape index (κ3) is 47.2. The Morgan fingerprint density at radius 2 is 1.53 bits per heavy atom. The molecule has 0 spiro atoms. The van der Waals surface area contributed by atoms with Crippen LogP contribution in [0.3, 0.4) is 0 Å². The summed E-state index contributed by atoms with van der Waals surface area (Å²) >= 11 is 0. The van der Waals surface area contributed by atoms with Crippen LogP contribution in [-0.2, 0) is 23.9 Å². The van der Waals surface area contributed by atoms with Crippen LogP contribution in [0.2, 0.25) is 0 Å². The number of hydrogen-bond acceptors (Lipinski definition) is 7. The van der Waals surface area contributed by atoms with Gasteiger partial charge in [0, 0.05) is 32.5 Å². The summed E-state index contributed by atoms with van der Waals surface area (Å²) in [5, 5.41) is 31.9. The third-order valence-corrected chi connectivity index (χ3v) is 3.22. The Balaban J connectivity index is -0.000000165. The maximum atomic E-state index is 11.4. The van der Waals surface area contributed by atoms with E-state index < -0.39 is 24.0 Å². The van der Waals surface area contributed by atoms with Gasteiger partial charge in [-0.3, -0.25) is 9.59 Å². The lowest BCUT2D eigenvalue weighted by Crippen LogP contribution is -2.46. The summed E-state index contributed by atoms with van der Waals surface area (Å²) in [4.78, 5) is 51.1. The van der Waals surface area contributed by atoms with Gasteiger partial charge in [-0.1, -0.05) is 34.1 Å². The molecule has 0 fully saturated rings. The largest absolute Gasteiger partial charge is 0.483 e. The molecule has 0 aromatic carbocycles. The summed E-state index contributed by atoms with van der Waals surface area (Å²) in [6.45, 7) is 12.5. The van der Waals surface area contributed by atoms with E-state index in [2.05, 4.69) is 16.0 Å². The number of aliphatic carboxylic acids is 2. The standard InChI is InChI=1S/C12H20N2O6.C5H13NO.2C2H6.CH2O2/c15-8-3-1-2-5-9(11(18)19)14-12(20)13-7-4-6-10(16)17;1-3-7-5-4-6-2;2*1-2;2-1-3/h8-9H,1-7H2,(H,16,17)(H,18,19)(H2,13,14,20);6H,3-5H2,1-2H3;2*1-2H3;1H,(H,2,3). The highest BCUT2D eigenvalue weighted by atomic mass is 16.5. The van der Waals surface area contributed by atoms with Crippen molar-refractivity contribution in [1.82, 2.24) is 16.0 Å². The lowest BCUT2D eigenvalue weighted by molar-refractivity contribution is -0.139. The average Bonchev–Trinajstić information content (AvgIpc) is 2.82. The highest BCUT2D eigenvalue weighted by Gasteiger charge is 2.18. The fraction of sp³-hybridized carbons (Fsp3) is 0.773. The van der Waals surface area contributed by atoms with Crippen LogP contribution in [0.5, 0.6) is 0 Å². The van der Waals surface area contributed by atoms with Gasteiger partial charge in [-0.2, -0.15) is 0 Å². The smallest absolute Gasteiger partial charge is 0.326 e. The molecule has 1 atom stereocenters. The molecule has 0 aliphatic rings. The molecule has 0 bridgehead atoms. The van der Waals surface area contributed by atoms with Crippen LogP contribution in [0.4, 0.5) is 4.79 Å². The Hall–Kier alpha value is -2.73. The first-order chi connectivity index (χ1) is 16.3. The number of carbonyl (C=O) groups is 5. The van der Waals surface area contributed by atoms with E-state index in [0.717, 1.165) is 26.0 Å². The Morgan fingerprint density at radius 1 is 0.971 bits per heavy atom. The summed E-state index contributed by atoms with van der Waals surface area (Å²) in [7, 11) is 1.92. The highest BCUT2D eigenvalue weighted by Crippen LogP contribution is 2.03. The van der Waals surface area contributed by atoms with Gasteiger partial charge in [0.15, 0.2) is 0 Å². The van der Waals surface area contributed by atoms with Gasteiger partial charge in [0.05, 0.1) is 6.61 Å². The van der Waals surface area contributed by atoms with Crippen LogP contribution in [-0.4, -0.2) is 85.4 Å². The normalized spacial score (nSPS) is 9.35. The van der Waals surface area contributed by atoms with Crippen molar-refractivity contribution in [3.63, 3.8) is 0 Å². The van der Waals surface area contributed by atoms with Crippen LogP contribution in [0.25, 0.3) is 0 Å². The van der Waals surface area contributed by atoms with E-state index in [4.69, 9.17) is 24.9 Å². The maximum Gasteiger partial charge on any atom is 0.326 e. The molecule has 0 aromatic heterocycles. The van der Waals surface area contributed by atoms with Gasteiger partial charge in [-0.25, -0.2) is 9.59 Å². The lowest BCUT2D eigenvalue weighted by Gasteiger charge is -2.14. The molecule has 0 aliphatic heterocycles. The van der Waals surface area contributed by atoms with Crippen molar-refractivity contribution < 1.29 is 44.0 Å². The van der Waals surface area contributed by atoms with Crippen LogP contribution in [0.1, 0.15) is 73.1 Å². The molecule has 0 aliphatic carbocycles. The minimum atomic E-state index is -1.14. The number of ether oxygens (including phenoxy) is 1. The zero-order valence-corrected chi connectivity index (χ0v) is 21.6. The van der Waals surface area contributed by atoms with Crippen molar-refractivity contribution in [3.05, 3.63) is 0 Å². The van der Waals surface area contributed by atoms with Crippen LogP contribution < -0.4 is 16.0 Å². The van der Waals surface area contributed by atoms with Crippen molar-refractivity contribution in [2.75, 3.05) is 33.4 Å². The number of likely N-dealkylation sites (N-methyl/N-ethyl adjacent to an activating group) is 1. The van der Waals surface area contributed by atoms with E-state index in [9.17, 15) is 19.2 Å². The summed E-state index contributed by atoms with van der Waals surface area (Å²) in [5.41, 5.74) is 0. The maximum absolute atomic E-state index is 11.4. The molecule has 0 saturated carbocycles. The molecule has 2 amide bonds. The zero-order valence-electron chi connectivity index (χ0n) is 21.6. The Bertz CT molecular complexity index is 461. The van der Waals surface area contributed by atoms with Crippen molar-refractivity contribution in [1.29, 1.82) is 0 Å². The quantitative estimate of drug-likeness (QED) is 0.144. The molecule has 1 unspecified atom stereocenters. The number of amides is 2. The Morgan fingerprint density at radius 3 is 1.94 bits per heavy atom. The van der Waals surface area contributed by atoms with E-state index in [1.807, 2.05) is 41.7 Å². The fourth-order valence-electron chi connectivity index (χ4n) is 1.80. The van der Waals surface area contributed by atoms with Crippen molar-refractivity contribution in [2.45, 2.75) is 79.2 Å². The second kappa shape index (κ2) is 40.6. The van der Waals surface area contributed by atoms with E-state index in [1.165, 1.54) is 0 Å². The number of carboxylic acids is 2. The van der Waals surface area contributed by atoms with Crippen molar-refractivity contribution in [3.8, 4) is 0 Å². The molecule has 0 aromatic rings. The topological polar surface area (TPSA) is 191 Å². The van der Waals surface area contributed by atoms with Gasteiger partial charge < -0.3 is 40.8 Å². The zero-order chi connectivity index (χ0) is 27.6. The molecule has 0 radical (unpaired) electrons. The van der Waals surface area contributed by atoms with Gasteiger partial charge in [0.1, 0.15) is 12.3 Å². The molecule has 12 heteroatoms. The fourth-order valence-corrected chi connectivity index (χ4v) is 1.80. The number of aldehydes is 1. The molecule has 0 saturated heterocycles. The average molecular weight is 498 g/mol. The van der Waals surface area contributed by atoms with Gasteiger partial charge in [0.2, 0.25) is 0 Å². The number of nitrogens with one attached hydrogen (secondary N) is 3. The summed E-state index contributed by atoms with van der Waals surface area (Å²) in [6, 6.07) is -1.65. The number of carbonyl (C=O) groups excluding carboxylic acids is 2. The minimum Gasteiger partial charge on any atom is -0.483 e. The first-order valence-electron chi connectivity index (χ1n) is 11.5. The summed E-state index contributed by atoms with van der Waals surface area (Å²) < 4.78 is 5.01. The number of hydrogen-bond donors (Lipinski definition) is 6. The first-order valence-corrected chi connectivity index (χ1v) is 11.5. The SMILES string of the molecule is CC.CC.CCOCCNC.O=CCCCCC(NC(=O)NCCCC(=O)O)C(=O)O.O=CO. The number of unbranched alkanes of at least 4 members (excludes halogenated alkanes) is 2.